The van der Waals surface area contributed by atoms with Crippen LogP contribution in [0.15, 0.2) is 42.5 Å². The molecule has 0 bridgehead atoms. The summed E-state index contributed by atoms with van der Waals surface area (Å²) >= 11 is 12.6. The quantitative estimate of drug-likeness (QED) is 0.436. The molecule has 1 amide bonds. The first-order valence-electron chi connectivity index (χ1n) is 12.3. The summed E-state index contributed by atoms with van der Waals surface area (Å²) in [6, 6.07) is 12.9. The van der Waals surface area contributed by atoms with E-state index in [9.17, 15) is 4.79 Å². The fourth-order valence-electron chi connectivity index (χ4n) is 5.07. The molecule has 1 atom stereocenters. The zero-order valence-corrected chi connectivity index (χ0v) is 21.3. The highest BCUT2D eigenvalue weighted by atomic mass is 35.5. The number of carbonyl (C=O) groups is 1. The van der Waals surface area contributed by atoms with Crippen molar-refractivity contribution in [3.63, 3.8) is 0 Å². The Bertz CT molecular complexity index is 961. The Morgan fingerprint density at radius 2 is 1.94 bits per heavy atom. The average Bonchev–Trinajstić information content (AvgIpc) is 2.83. The molecule has 4 rings (SSSR count). The summed E-state index contributed by atoms with van der Waals surface area (Å²) in [6.45, 7) is 7.52. The molecule has 0 aliphatic carbocycles. The second-order valence-corrected chi connectivity index (χ2v) is 10.4. The molecule has 2 saturated heterocycles. The Balaban J connectivity index is 1.33. The van der Waals surface area contributed by atoms with Gasteiger partial charge in [0.1, 0.15) is 5.75 Å². The van der Waals surface area contributed by atoms with Gasteiger partial charge in [-0.05, 0) is 86.5 Å². The van der Waals surface area contributed by atoms with Crippen LogP contribution in [0.1, 0.15) is 44.6 Å². The highest BCUT2D eigenvalue weighted by Crippen LogP contribution is 2.40. The Morgan fingerprint density at radius 1 is 1.18 bits per heavy atom. The lowest BCUT2D eigenvalue weighted by atomic mass is 9.73. The predicted molar refractivity (Wildman–Crippen MR) is 138 cm³/mol. The third kappa shape index (κ3) is 6.25. The Hall–Kier alpha value is -1.79. The second-order valence-electron chi connectivity index (χ2n) is 9.55. The van der Waals surface area contributed by atoms with E-state index in [1.54, 1.807) is 12.1 Å². The number of carbonyl (C=O) groups excluding carboxylic acids is 1. The molecule has 2 aromatic rings. The van der Waals surface area contributed by atoms with Gasteiger partial charge in [0, 0.05) is 42.0 Å². The van der Waals surface area contributed by atoms with Crippen molar-refractivity contribution in [2.45, 2.75) is 44.4 Å². The van der Waals surface area contributed by atoms with Crippen LogP contribution in [0, 0.1) is 5.92 Å². The van der Waals surface area contributed by atoms with Crippen molar-refractivity contribution in [1.82, 2.24) is 4.90 Å². The van der Waals surface area contributed by atoms with Crippen molar-refractivity contribution < 1.29 is 14.3 Å². The zero-order valence-electron chi connectivity index (χ0n) is 19.8. The van der Waals surface area contributed by atoms with Gasteiger partial charge in [-0.15, -0.1) is 0 Å². The first kappa shape index (κ1) is 25.3. The molecule has 2 aliphatic heterocycles. The Labute approximate surface area is 212 Å². The standard InChI is InChI=1S/C27H34Cl2N2O3/c1-20-4-2-13-31(19-20)14-3-15-34-23-8-6-22(7-9-23)30-26(32)27(11-16-33-17-12-27)24-10-5-21(28)18-25(24)29/h5-10,18,20H,2-4,11-17,19H2,1H3,(H,30,32)/t20-/m1/s1. The maximum atomic E-state index is 13.5. The van der Waals surface area contributed by atoms with Gasteiger partial charge in [0.2, 0.25) is 5.91 Å². The van der Waals surface area contributed by atoms with Gasteiger partial charge in [-0.1, -0.05) is 36.2 Å². The maximum absolute atomic E-state index is 13.5. The van der Waals surface area contributed by atoms with Crippen LogP contribution in [-0.4, -0.2) is 50.3 Å². The van der Waals surface area contributed by atoms with E-state index in [0.717, 1.165) is 35.9 Å². The molecule has 2 aromatic carbocycles. The molecule has 7 heteroatoms. The molecular formula is C27H34Cl2N2O3. The monoisotopic (exact) mass is 504 g/mol. The zero-order chi connectivity index (χ0) is 24.0. The first-order chi connectivity index (χ1) is 16.5. The third-order valence-corrected chi connectivity index (χ3v) is 7.52. The minimum atomic E-state index is -0.749. The second kappa shape index (κ2) is 11.8. The number of amides is 1. The summed E-state index contributed by atoms with van der Waals surface area (Å²) in [6.07, 6.45) is 4.79. The van der Waals surface area contributed by atoms with Crippen LogP contribution in [0.2, 0.25) is 10.0 Å². The van der Waals surface area contributed by atoms with Gasteiger partial charge in [-0.25, -0.2) is 0 Å². The van der Waals surface area contributed by atoms with Crippen LogP contribution in [0.5, 0.6) is 5.75 Å². The van der Waals surface area contributed by atoms with Crippen LogP contribution < -0.4 is 10.1 Å². The fraction of sp³-hybridized carbons (Fsp3) is 0.519. The summed E-state index contributed by atoms with van der Waals surface area (Å²) in [5.74, 6) is 1.53. The maximum Gasteiger partial charge on any atom is 0.235 e. The van der Waals surface area contributed by atoms with E-state index >= 15 is 0 Å². The van der Waals surface area contributed by atoms with E-state index in [1.165, 1.54) is 25.9 Å². The lowest BCUT2D eigenvalue weighted by Crippen LogP contribution is -2.45. The Kier molecular flexibility index (Phi) is 8.75. The predicted octanol–water partition coefficient (Wildman–Crippen LogP) is 6.18. The van der Waals surface area contributed by atoms with Gasteiger partial charge in [-0.2, -0.15) is 0 Å². The molecule has 2 aliphatic rings. The molecule has 0 unspecified atom stereocenters. The number of hydrogen-bond acceptors (Lipinski definition) is 4. The molecule has 2 heterocycles. The normalized spacial score (nSPS) is 20.6. The van der Waals surface area contributed by atoms with E-state index in [1.807, 2.05) is 30.3 Å². The van der Waals surface area contributed by atoms with Crippen LogP contribution >= 0.6 is 23.2 Å². The van der Waals surface area contributed by atoms with Crippen LogP contribution in [0.25, 0.3) is 0 Å². The van der Waals surface area contributed by atoms with Crippen molar-refractivity contribution >= 4 is 34.8 Å². The largest absolute Gasteiger partial charge is 0.494 e. The van der Waals surface area contributed by atoms with E-state index in [2.05, 4.69) is 17.1 Å². The molecule has 34 heavy (non-hydrogen) atoms. The van der Waals surface area contributed by atoms with E-state index in [-0.39, 0.29) is 5.91 Å². The van der Waals surface area contributed by atoms with Crippen molar-refractivity contribution in [2.75, 3.05) is 44.8 Å². The minimum absolute atomic E-state index is 0.0792. The number of likely N-dealkylation sites (tertiary alicyclic amines) is 1. The number of piperidine rings is 1. The molecule has 1 N–H and O–H groups in total. The lowest BCUT2D eigenvalue weighted by Gasteiger charge is -2.36. The number of nitrogens with zero attached hydrogens (tertiary/aromatic N) is 1. The topological polar surface area (TPSA) is 50.8 Å². The van der Waals surface area contributed by atoms with E-state index in [0.29, 0.717) is 42.7 Å². The number of halogens is 2. The average molecular weight is 505 g/mol. The third-order valence-electron chi connectivity index (χ3n) is 6.97. The molecule has 0 saturated carbocycles. The minimum Gasteiger partial charge on any atom is -0.494 e. The van der Waals surface area contributed by atoms with Gasteiger partial charge in [0.15, 0.2) is 0 Å². The SMILES string of the molecule is C[C@@H]1CCCN(CCCOc2ccc(NC(=O)C3(c4ccc(Cl)cc4Cl)CCOCC3)cc2)C1. The number of nitrogens with one attached hydrogen (secondary N) is 1. The first-order valence-corrected chi connectivity index (χ1v) is 13.0. The molecule has 184 valence electrons. The molecule has 2 fully saturated rings. The van der Waals surface area contributed by atoms with Crippen LogP contribution in [0.4, 0.5) is 5.69 Å². The van der Waals surface area contributed by atoms with Gasteiger partial charge in [-0.3, -0.25) is 4.79 Å². The Morgan fingerprint density at radius 3 is 2.65 bits per heavy atom. The highest BCUT2D eigenvalue weighted by molar-refractivity contribution is 6.35. The number of anilines is 1. The van der Waals surface area contributed by atoms with Gasteiger partial charge < -0.3 is 19.7 Å². The summed E-state index contributed by atoms with van der Waals surface area (Å²) in [7, 11) is 0. The van der Waals surface area contributed by atoms with Crippen molar-refractivity contribution in [3.8, 4) is 5.75 Å². The van der Waals surface area contributed by atoms with E-state index < -0.39 is 5.41 Å². The van der Waals surface area contributed by atoms with Gasteiger partial charge in [0.05, 0.1) is 12.0 Å². The number of benzene rings is 2. The fourth-order valence-corrected chi connectivity index (χ4v) is 5.66. The number of ether oxygens (including phenoxy) is 2. The van der Waals surface area contributed by atoms with E-state index in [4.69, 9.17) is 32.7 Å². The van der Waals surface area contributed by atoms with Crippen molar-refractivity contribution in [2.24, 2.45) is 5.92 Å². The van der Waals surface area contributed by atoms with Crippen molar-refractivity contribution in [1.29, 1.82) is 0 Å². The van der Waals surface area contributed by atoms with Crippen LogP contribution in [0.3, 0.4) is 0 Å². The summed E-state index contributed by atoms with van der Waals surface area (Å²) in [5.41, 5.74) is 0.777. The van der Waals surface area contributed by atoms with Crippen molar-refractivity contribution in [3.05, 3.63) is 58.1 Å². The van der Waals surface area contributed by atoms with Gasteiger partial charge >= 0.3 is 0 Å². The summed E-state index contributed by atoms with van der Waals surface area (Å²) < 4.78 is 11.5. The molecule has 0 radical (unpaired) electrons. The highest BCUT2D eigenvalue weighted by Gasteiger charge is 2.43. The number of rotatable bonds is 8. The lowest BCUT2D eigenvalue weighted by molar-refractivity contribution is -0.125. The number of hydrogen-bond donors (Lipinski definition) is 1. The molecule has 0 aromatic heterocycles. The molecule has 5 nitrogen and oxygen atoms in total. The van der Waals surface area contributed by atoms with Gasteiger partial charge in [0.25, 0.3) is 0 Å². The smallest absolute Gasteiger partial charge is 0.235 e. The summed E-state index contributed by atoms with van der Waals surface area (Å²) in [4.78, 5) is 16.0. The molecule has 0 spiro atoms. The van der Waals surface area contributed by atoms with Crippen LogP contribution in [-0.2, 0) is 14.9 Å². The summed E-state index contributed by atoms with van der Waals surface area (Å²) in [5, 5.41) is 4.15. The molecular weight excluding hydrogens is 471 g/mol.